The molecule has 1 aromatic heterocycles. The van der Waals surface area contributed by atoms with Crippen LogP contribution in [0.15, 0.2) is 73.1 Å². The number of fused-ring (bicyclic) bond motifs is 1. The predicted octanol–water partition coefficient (Wildman–Crippen LogP) is 5.45. The molecule has 0 bridgehead atoms. The molecule has 0 spiro atoms. The number of carbonyl (C=O) groups is 1. The Kier molecular flexibility index (Phi) is 5.26. The Hall–Kier alpha value is -3.44. The summed E-state index contributed by atoms with van der Waals surface area (Å²) in [6.45, 7) is 0.445. The third-order valence-corrected chi connectivity index (χ3v) is 5.63. The number of amides is 1. The molecule has 0 aliphatic heterocycles. The minimum atomic E-state index is -0.124. The summed E-state index contributed by atoms with van der Waals surface area (Å²) < 4.78 is 0. The van der Waals surface area contributed by atoms with Crippen molar-refractivity contribution in [1.29, 1.82) is 0 Å². The van der Waals surface area contributed by atoms with Crippen LogP contribution < -0.4 is 10.6 Å². The highest BCUT2D eigenvalue weighted by Gasteiger charge is 2.22. The Morgan fingerprint density at radius 1 is 0.968 bits per heavy atom. The van der Waals surface area contributed by atoms with Crippen molar-refractivity contribution in [1.82, 2.24) is 15.3 Å². The Morgan fingerprint density at radius 2 is 1.77 bits per heavy atom. The minimum absolute atomic E-state index is 0.124. The maximum absolute atomic E-state index is 12.4. The summed E-state index contributed by atoms with van der Waals surface area (Å²) >= 11 is 5.90. The van der Waals surface area contributed by atoms with Crippen molar-refractivity contribution in [2.24, 2.45) is 0 Å². The maximum atomic E-state index is 12.4. The van der Waals surface area contributed by atoms with E-state index in [9.17, 15) is 4.79 Å². The largest absolute Gasteiger partial charge is 0.367 e. The maximum Gasteiger partial charge on any atom is 0.251 e. The van der Waals surface area contributed by atoms with Crippen molar-refractivity contribution < 1.29 is 4.79 Å². The first kappa shape index (κ1) is 19.5. The number of nitrogens with zero attached hydrogens (tertiary/aromatic N) is 2. The van der Waals surface area contributed by atoms with Gasteiger partial charge in [0.2, 0.25) is 0 Å². The van der Waals surface area contributed by atoms with Gasteiger partial charge in [-0.1, -0.05) is 35.9 Å². The highest BCUT2D eigenvalue weighted by atomic mass is 35.5. The quantitative estimate of drug-likeness (QED) is 0.428. The van der Waals surface area contributed by atoms with Gasteiger partial charge in [0.15, 0.2) is 0 Å². The van der Waals surface area contributed by atoms with E-state index in [2.05, 4.69) is 44.9 Å². The van der Waals surface area contributed by atoms with Crippen molar-refractivity contribution >= 4 is 34.2 Å². The first-order valence-corrected chi connectivity index (χ1v) is 10.7. The van der Waals surface area contributed by atoms with Crippen LogP contribution >= 0.6 is 11.6 Å². The number of benzene rings is 3. The van der Waals surface area contributed by atoms with Gasteiger partial charge in [-0.3, -0.25) is 4.79 Å². The lowest BCUT2D eigenvalue weighted by atomic mass is 10.0. The number of rotatable bonds is 6. The number of hydrogen-bond acceptors (Lipinski definition) is 4. The summed E-state index contributed by atoms with van der Waals surface area (Å²) in [7, 11) is 0. The molecule has 1 heterocycles. The van der Waals surface area contributed by atoms with E-state index in [0.29, 0.717) is 23.2 Å². The van der Waals surface area contributed by atoms with Crippen molar-refractivity contribution in [3.8, 4) is 11.1 Å². The van der Waals surface area contributed by atoms with E-state index in [1.807, 2.05) is 18.2 Å². The number of carbonyl (C=O) groups excluding carboxylic acids is 1. The van der Waals surface area contributed by atoms with Gasteiger partial charge >= 0.3 is 0 Å². The molecule has 154 valence electrons. The standard InChI is InChI=1S/C25H21ClN4O/c26-20-7-4-17(5-8-20)25(31)27-14-16-2-1-3-18(12-16)19-6-11-23-22(13-19)24(29-15-28-23)30-21-9-10-21/h1-8,11-13,15,21H,9-10,14H2,(H,27,31)(H,28,29,30). The molecule has 1 saturated carbocycles. The third-order valence-electron chi connectivity index (χ3n) is 5.37. The van der Waals surface area contributed by atoms with E-state index in [4.69, 9.17) is 11.6 Å². The summed E-state index contributed by atoms with van der Waals surface area (Å²) in [5.41, 5.74) is 4.72. The van der Waals surface area contributed by atoms with Gasteiger partial charge in [-0.25, -0.2) is 9.97 Å². The Bertz CT molecular complexity index is 1250. The summed E-state index contributed by atoms with van der Waals surface area (Å²) in [6.07, 6.45) is 3.99. The Balaban J connectivity index is 1.36. The SMILES string of the molecule is O=C(NCc1cccc(-c2ccc3ncnc(NC4CC4)c3c2)c1)c1ccc(Cl)cc1. The van der Waals surface area contributed by atoms with E-state index >= 15 is 0 Å². The second-order valence-corrected chi connectivity index (χ2v) is 8.20. The first-order valence-electron chi connectivity index (χ1n) is 10.3. The molecule has 0 saturated heterocycles. The first-order chi connectivity index (χ1) is 15.2. The molecule has 1 fully saturated rings. The number of nitrogens with one attached hydrogen (secondary N) is 2. The average molecular weight is 429 g/mol. The molecule has 1 aliphatic carbocycles. The third kappa shape index (κ3) is 4.52. The summed E-state index contributed by atoms with van der Waals surface area (Å²) in [5.74, 6) is 0.765. The molecule has 4 aromatic rings. The molecule has 5 rings (SSSR count). The van der Waals surface area contributed by atoms with Gasteiger partial charge in [0.1, 0.15) is 12.1 Å². The number of halogens is 1. The normalized spacial score (nSPS) is 13.2. The van der Waals surface area contributed by atoms with E-state index in [0.717, 1.165) is 33.4 Å². The van der Waals surface area contributed by atoms with Crippen molar-refractivity contribution in [2.45, 2.75) is 25.4 Å². The summed E-state index contributed by atoms with van der Waals surface area (Å²) in [6, 6.07) is 21.8. The van der Waals surface area contributed by atoms with Crippen LogP contribution in [-0.2, 0) is 6.54 Å². The lowest BCUT2D eigenvalue weighted by Gasteiger charge is -2.10. The minimum Gasteiger partial charge on any atom is -0.367 e. The van der Waals surface area contributed by atoms with Crippen LogP contribution in [0.2, 0.25) is 5.02 Å². The topological polar surface area (TPSA) is 66.9 Å². The number of anilines is 1. The van der Waals surface area contributed by atoms with Crippen LogP contribution in [0, 0.1) is 0 Å². The van der Waals surface area contributed by atoms with E-state index in [1.165, 1.54) is 12.8 Å². The molecule has 3 aromatic carbocycles. The van der Waals surface area contributed by atoms with Crippen molar-refractivity contribution in [3.63, 3.8) is 0 Å². The average Bonchev–Trinajstić information content (AvgIpc) is 3.62. The monoisotopic (exact) mass is 428 g/mol. The molecular weight excluding hydrogens is 408 g/mol. The zero-order chi connectivity index (χ0) is 21.2. The lowest BCUT2D eigenvalue weighted by molar-refractivity contribution is 0.0951. The van der Waals surface area contributed by atoms with Gasteiger partial charge < -0.3 is 10.6 Å². The van der Waals surface area contributed by atoms with Gasteiger partial charge in [-0.05, 0) is 72.0 Å². The summed E-state index contributed by atoms with van der Waals surface area (Å²) in [4.78, 5) is 21.2. The van der Waals surface area contributed by atoms with Crippen LogP contribution in [0.5, 0.6) is 0 Å². The van der Waals surface area contributed by atoms with Gasteiger partial charge in [0.05, 0.1) is 5.52 Å². The van der Waals surface area contributed by atoms with Gasteiger partial charge in [-0.15, -0.1) is 0 Å². The molecule has 31 heavy (non-hydrogen) atoms. The molecule has 1 aliphatic rings. The van der Waals surface area contributed by atoms with Gasteiger partial charge in [-0.2, -0.15) is 0 Å². The van der Waals surface area contributed by atoms with Crippen LogP contribution in [0.25, 0.3) is 22.0 Å². The van der Waals surface area contributed by atoms with Crippen molar-refractivity contribution in [2.75, 3.05) is 5.32 Å². The summed E-state index contributed by atoms with van der Waals surface area (Å²) in [5, 5.41) is 8.10. The molecule has 0 atom stereocenters. The number of hydrogen-bond donors (Lipinski definition) is 2. The highest BCUT2D eigenvalue weighted by Crippen LogP contribution is 2.30. The molecule has 1 amide bonds. The fourth-order valence-electron chi connectivity index (χ4n) is 3.52. The zero-order valence-corrected chi connectivity index (χ0v) is 17.6. The van der Waals surface area contributed by atoms with E-state index in [1.54, 1.807) is 30.6 Å². The fourth-order valence-corrected chi connectivity index (χ4v) is 3.64. The number of aromatic nitrogens is 2. The van der Waals surface area contributed by atoms with Gasteiger partial charge in [0.25, 0.3) is 5.91 Å². The van der Waals surface area contributed by atoms with E-state index < -0.39 is 0 Å². The van der Waals surface area contributed by atoms with E-state index in [-0.39, 0.29) is 5.91 Å². The predicted molar refractivity (Wildman–Crippen MR) is 124 cm³/mol. The Morgan fingerprint density at radius 3 is 2.58 bits per heavy atom. The second-order valence-electron chi connectivity index (χ2n) is 7.76. The van der Waals surface area contributed by atoms with Gasteiger partial charge in [0, 0.05) is 28.6 Å². The van der Waals surface area contributed by atoms with Crippen LogP contribution in [0.1, 0.15) is 28.8 Å². The smallest absolute Gasteiger partial charge is 0.251 e. The molecule has 5 nitrogen and oxygen atoms in total. The fraction of sp³-hybridized carbons (Fsp3) is 0.160. The van der Waals surface area contributed by atoms with Crippen LogP contribution in [0.4, 0.5) is 5.82 Å². The highest BCUT2D eigenvalue weighted by molar-refractivity contribution is 6.30. The second kappa shape index (κ2) is 8.36. The van der Waals surface area contributed by atoms with Crippen LogP contribution in [0.3, 0.4) is 0 Å². The molecule has 0 unspecified atom stereocenters. The molecule has 6 heteroatoms. The Labute approximate surface area is 185 Å². The van der Waals surface area contributed by atoms with Crippen LogP contribution in [-0.4, -0.2) is 21.9 Å². The molecular formula is C25H21ClN4O. The lowest BCUT2D eigenvalue weighted by Crippen LogP contribution is -2.22. The molecule has 0 radical (unpaired) electrons. The molecule has 2 N–H and O–H groups in total. The zero-order valence-electron chi connectivity index (χ0n) is 16.8. The van der Waals surface area contributed by atoms with Crippen molar-refractivity contribution in [3.05, 3.63) is 89.2 Å².